The molecular formula is C14H19NO3S. The van der Waals surface area contributed by atoms with Crippen LogP contribution in [0, 0.1) is 5.92 Å². The number of benzene rings is 1. The fourth-order valence-corrected chi connectivity index (χ4v) is 2.22. The van der Waals surface area contributed by atoms with Gasteiger partial charge in [0.05, 0.1) is 11.7 Å². The number of hydrogen-bond donors (Lipinski definition) is 2. The Hall–Kier alpha value is -1.49. The van der Waals surface area contributed by atoms with Gasteiger partial charge in [-0.2, -0.15) is 11.8 Å². The van der Waals surface area contributed by atoms with E-state index in [0.717, 1.165) is 12.2 Å². The minimum Gasteiger partial charge on any atom is -0.481 e. The molecule has 0 heterocycles. The molecule has 4 nitrogen and oxygen atoms in total. The molecule has 1 aromatic carbocycles. The van der Waals surface area contributed by atoms with Gasteiger partial charge in [-0.05, 0) is 17.7 Å². The second-order valence-corrected chi connectivity index (χ2v) is 5.44. The number of carboxylic acids is 1. The van der Waals surface area contributed by atoms with E-state index < -0.39 is 11.9 Å². The highest BCUT2D eigenvalue weighted by molar-refractivity contribution is 7.99. The van der Waals surface area contributed by atoms with Crippen molar-refractivity contribution in [3.8, 4) is 0 Å². The van der Waals surface area contributed by atoms with Crippen LogP contribution in [0.5, 0.6) is 0 Å². The van der Waals surface area contributed by atoms with Crippen molar-refractivity contribution in [2.75, 3.05) is 18.1 Å². The lowest BCUT2D eigenvalue weighted by Crippen LogP contribution is -2.32. The molecule has 0 aromatic heterocycles. The van der Waals surface area contributed by atoms with Crippen molar-refractivity contribution < 1.29 is 14.7 Å². The molecule has 1 rings (SSSR count). The Kier molecular flexibility index (Phi) is 7.03. The number of amides is 1. The maximum absolute atomic E-state index is 11.5. The van der Waals surface area contributed by atoms with Crippen LogP contribution in [0.15, 0.2) is 30.3 Å². The lowest BCUT2D eigenvalue weighted by molar-refractivity contribution is -0.141. The van der Waals surface area contributed by atoms with E-state index in [9.17, 15) is 9.59 Å². The van der Waals surface area contributed by atoms with Gasteiger partial charge in [0.15, 0.2) is 0 Å². The number of aliphatic carboxylic acids is 1. The SMILES string of the molecule is CC(CNC(=O)CSCCc1ccccc1)C(=O)O. The van der Waals surface area contributed by atoms with Gasteiger partial charge in [0.25, 0.3) is 0 Å². The minimum absolute atomic E-state index is 0.105. The van der Waals surface area contributed by atoms with E-state index >= 15 is 0 Å². The summed E-state index contributed by atoms with van der Waals surface area (Å²) in [4.78, 5) is 22.0. The summed E-state index contributed by atoms with van der Waals surface area (Å²) in [5.74, 6) is -0.285. The van der Waals surface area contributed by atoms with Gasteiger partial charge >= 0.3 is 5.97 Å². The first-order valence-corrected chi connectivity index (χ1v) is 7.36. The van der Waals surface area contributed by atoms with Crippen LogP contribution in [0.25, 0.3) is 0 Å². The van der Waals surface area contributed by atoms with Crippen molar-refractivity contribution >= 4 is 23.6 Å². The van der Waals surface area contributed by atoms with Crippen LogP contribution in [-0.2, 0) is 16.0 Å². The summed E-state index contributed by atoms with van der Waals surface area (Å²) in [7, 11) is 0. The predicted octanol–water partition coefficient (Wildman–Crippen LogP) is 1.80. The standard InChI is InChI=1S/C14H19NO3S/c1-11(14(17)18)9-15-13(16)10-19-8-7-12-5-3-2-4-6-12/h2-6,11H,7-10H2,1H3,(H,15,16)(H,17,18). The number of nitrogens with one attached hydrogen (secondary N) is 1. The predicted molar refractivity (Wildman–Crippen MR) is 77.3 cm³/mol. The molecule has 0 spiro atoms. The van der Waals surface area contributed by atoms with Crippen LogP contribution in [-0.4, -0.2) is 35.0 Å². The van der Waals surface area contributed by atoms with Gasteiger partial charge < -0.3 is 10.4 Å². The summed E-state index contributed by atoms with van der Waals surface area (Å²) in [6.07, 6.45) is 0.935. The van der Waals surface area contributed by atoms with Gasteiger partial charge in [0.1, 0.15) is 0 Å². The third-order valence-electron chi connectivity index (χ3n) is 2.64. The molecule has 0 aliphatic rings. The second kappa shape index (κ2) is 8.58. The van der Waals surface area contributed by atoms with Crippen molar-refractivity contribution in [1.29, 1.82) is 0 Å². The van der Waals surface area contributed by atoms with Gasteiger partial charge in [-0.15, -0.1) is 0 Å². The van der Waals surface area contributed by atoms with Crippen LogP contribution >= 0.6 is 11.8 Å². The van der Waals surface area contributed by atoms with Gasteiger partial charge in [0, 0.05) is 6.54 Å². The van der Waals surface area contributed by atoms with E-state index in [1.165, 1.54) is 5.56 Å². The largest absolute Gasteiger partial charge is 0.481 e. The van der Waals surface area contributed by atoms with Crippen molar-refractivity contribution in [3.63, 3.8) is 0 Å². The minimum atomic E-state index is -0.892. The highest BCUT2D eigenvalue weighted by Gasteiger charge is 2.11. The van der Waals surface area contributed by atoms with Gasteiger partial charge in [-0.25, -0.2) is 0 Å². The highest BCUT2D eigenvalue weighted by atomic mass is 32.2. The van der Waals surface area contributed by atoms with E-state index in [-0.39, 0.29) is 12.5 Å². The Balaban J connectivity index is 2.09. The quantitative estimate of drug-likeness (QED) is 0.713. The number of hydrogen-bond acceptors (Lipinski definition) is 3. The van der Waals surface area contributed by atoms with E-state index in [0.29, 0.717) is 5.75 Å². The Morgan fingerprint density at radius 2 is 2.00 bits per heavy atom. The maximum Gasteiger partial charge on any atom is 0.308 e. The van der Waals surface area contributed by atoms with Crippen LogP contribution < -0.4 is 5.32 Å². The van der Waals surface area contributed by atoms with Crippen molar-refractivity contribution in [1.82, 2.24) is 5.32 Å². The van der Waals surface area contributed by atoms with E-state index in [1.54, 1.807) is 18.7 Å². The van der Waals surface area contributed by atoms with Crippen molar-refractivity contribution in [2.24, 2.45) is 5.92 Å². The summed E-state index contributed by atoms with van der Waals surface area (Å²) >= 11 is 1.56. The Labute approximate surface area is 117 Å². The zero-order valence-electron chi connectivity index (χ0n) is 11.0. The molecule has 5 heteroatoms. The normalized spacial score (nSPS) is 11.8. The third kappa shape index (κ3) is 6.86. The number of aryl methyl sites for hydroxylation is 1. The van der Waals surface area contributed by atoms with Crippen molar-refractivity contribution in [2.45, 2.75) is 13.3 Å². The third-order valence-corrected chi connectivity index (χ3v) is 3.60. The fourth-order valence-electron chi connectivity index (χ4n) is 1.40. The van der Waals surface area contributed by atoms with Crippen LogP contribution in [0.2, 0.25) is 0 Å². The molecule has 0 saturated carbocycles. The molecule has 1 aromatic rings. The first kappa shape index (κ1) is 15.6. The monoisotopic (exact) mass is 281 g/mol. The number of carbonyl (C=O) groups is 2. The van der Waals surface area contributed by atoms with E-state index in [2.05, 4.69) is 17.4 Å². The highest BCUT2D eigenvalue weighted by Crippen LogP contribution is 2.06. The average molecular weight is 281 g/mol. The van der Waals surface area contributed by atoms with Gasteiger partial charge in [0.2, 0.25) is 5.91 Å². The van der Waals surface area contributed by atoms with Gasteiger partial charge in [-0.1, -0.05) is 37.3 Å². The number of carbonyl (C=O) groups excluding carboxylic acids is 1. The molecule has 0 saturated heterocycles. The lowest BCUT2D eigenvalue weighted by atomic mass is 10.2. The molecule has 0 bridgehead atoms. The number of carboxylic acid groups (broad SMARTS) is 1. The lowest BCUT2D eigenvalue weighted by Gasteiger charge is -2.08. The summed E-state index contributed by atoms with van der Waals surface area (Å²) in [5.41, 5.74) is 1.26. The molecule has 104 valence electrons. The van der Waals surface area contributed by atoms with E-state index in [1.807, 2.05) is 18.2 Å². The molecule has 0 aliphatic heterocycles. The Bertz CT molecular complexity index is 408. The summed E-state index contributed by atoms with van der Waals surface area (Å²) < 4.78 is 0. The molecule has 1 amide bonds. The number of rotatable bonds is 8. The number of thioether (sulfide) groups is 1. The molecule has 0 aliphatic carbocycles. The van der Waals surface area contributed by atoms with Gasteiger partial charge in [-0.3, -0.25) is 9.59 Å². The summed E-state index contributed by atoms with van der Waals surface area (Å²) in [5, 5.41) is 11.3. The van der Waals surface area contributed by atoms with Crippen molar-refractivity contribution in [3.05, 3.63) is 35.9 Å². The molecule has 1 unspecified atom stereocenters. The smallest absolute Gasteiger partial charge is 0.308 e. The van der Waals surface area contributed by atoms with Crippen LogP contribution in [0.4, 0.5) is 0 Å². The first-order chi connectivity index (χ1) is 9.09. The maximum atomic E-state index is 11.5. The molecule has 2 N–H and O–H groups in total. The van der Waals surface area contributed by atoms with E-state index in [4.69, 9.17) is 5.11 Å². The summed E-state index contributed by atoms with van der Waals surface area (Å²) in [6, 6.07) is 10.1. The zero-order chi connectivity index (χ0) is 14.1. The molecule has 1 atom stereocenters. The first-order valence-electron chi connectivity index (χ1n) is 6.20. The van der Waals surface area contributed by atoms with Crippen LogP contribution in [0.1, 0.15) is 12.5 Å². The average Bonchev–Trinajstić information content (AvgIpc) is 2.42. The molecule has 0 radical (unpaired) electrons. The second-order valence-electron chi connectivity index (χ2n) is 4.33. The molecule has 19 heavy (non-hydrogen) atoms. The molecular weight excluding hydrogens is 262 g/mol. The summed E-state index contributed by atoms with van der Waals surface area (Å²) in [6.45, 7) is 1.76. The fraction of sp³-hybridized carbons (Fsp3) is 0.429. The zero-order valence-corrected chi connectivity index (χ0v) is 11.8. The Morgan fingerprint density at radius 1 is 1.32 bits per heavy atom. The molecule has 0 fully saturated rings. The van der Waals surface area contributed by atoms with Crippen LogP contribution in [0.3, 0.4) is 0 Å². The topological polar surface area (TPSA) is 66.4 Å². The Morgan fingerprint density at radius 3 is 2.63 bits per heavy atom.